The molecule has 214 valence electrons. The molecule has 6 heteroatoms. The van der Waals surface area contributed by atoms with Crippen LogP contribution in [0.25, 0.3) is 10.8 Å². The molecule has 4 fully saturated rings. The van der Waals surface area contributed by atoms with E-state index in [0.717, 1.165) is 37.0 Å². The zero-order valence-electron chi connectivity index (χ0n) is 24.2. The number of nitrogens with zero attached hydrogens (tertiary/aromatic N) is 1. The summed E-state index contributed by atoms with van der Waals surface area (Å²) in [4.78, 5) is 27.5. The Balaban J connectivity index is 1.16. The number of benzene rings is 1. The lowest BCUT2D eigenvalue weighted by Gasteiger charge is -2.65. The van der Waals surface area contributed by atoms with Gasteiger partial charge in [0.2, 0.25) is 5.91 Å². The number of aromatic nitrogens is 1. The summed E-state index contributed by atoms with van der Waals surface area (Å²) in [7, 11) is 0. The molecule has 6 nitrogen and oxygen atoms in total. The Hall–Kier alpha value is -3.54. The summed E-state index contributed by atoms with van der Waals surface area (Å²) in [6.07, 6.45) is 23.3. The van der Waals surface area contributed by atoms with Gasteiger partial charge in [-0.1, -0.05) is 43.7 Å². The van der Waals surface area contributed by atoms with Crippen LogP contribution < -0.4 is 10.9 Å². The maximum atomic E-state index is 13.9. The lowest BCUT2D eigenvalue weighted by Crippen LogP contribution is -2.55. The molecule has 4 saturated carbocycles. The summed E-state index contributed by atoms with van der Waals surface area (Å²) in [5, 5.41) is 4.56. The summed E-state index contributed by atoms with van der Waals surface area (Å²) in [6.45, 7) is 4.90. The zero-order valence-corrected chi connectivity index (χ0v) is 24.2. The van der Waals surface area contributed by atoms with Gasteiger partial charge in [-0.15, -0.1) is 0 Å². The summed E-state index contributed by atoms with van der Waals surface area (Å²) in [6, 6.07) is 7.22. The highest BCUT2D eigenvalue weighted by molar-refractivity contribution is 6.02. The molecule has 1 aromatic heterocycles. The summed E-state index contributed by atoms with van der Waals surface area (Å²) in [5.41, 5.74) is 2.70. The first kappa shape index (κ1) is 26.4. The Morgan fingerprint density at radius 3 is 2.61 bits per heavy atom. The van der Waals surface area contributed by atoms with E-state index in [0.29, 0.717) is 40.5 Å². The van der Waals surface area contributed by atoms with Crippen LogP contribution in [0.4, 0.5) is 5.69 Å². The third kappa shape index (κ3) is 4.96. The molecule has 6 aliphatic rings. The van der Waals surface area contributed by atoms with Gasteiger partial charge in [0.1, 0.15) is 24.8 Å². The van der Waals surface area contributed by atoms with Gasteiger partial charge in [-0.3, -0.25) is 9.59 Å². The van der Waals surface area contributed by atoms with Crippen LogP contribution in [0.5, 0.6) is 0 Å². The summed E-state index contributed by atoms with van der Waals surface area (Å²) >= 11 is 0. The van der Waals surface area contributed by atoms with E-state index in [1.54, 1.807) is 10.8 Å². The molecule has 0 saturated heterocycles. The molecule has 2 aromatic rings. The molecule has 0 spiro atoms. The molecular formula is C35H40N2O4. The molecule has 2 heterocycles. The SMILES string of the molecule is CC12CC3CC(C)(C1)CC(CC(=O)Nc1cccc4c(=O)n(C(CC5=CC=CCC5)C5=COC=CO5)ccc14)(C3)C2. The number of pyridine rings is 1. The molecule has 5 aliphatic carbocycles. The van der Waals surface area contributed by atoms with E-state index in [2.05, 4.69) is 37.4 Å². The van der Waals surface area contributed by atoms with Crippen molar-refractivity contribution in [3.63, 3.8) is 0 Å². The fourth-order valence-corrected chi connectivity index (χ4v) is 9.90. The van der Waals surface area contributed by atoms with Crippen molar-refractivity contribution < 1.29 is 14.3 Å². The minimum absolute atomic E-state index is 0.0655. The second-order valence-electron chi connectivity index (χ2n) is 14.2. The number of hydrogen-bond acceptors (Lipinski definition) is 4. The van der Waals surface area contributed by atoms with Crippen molar-refractivity contribution in [1.82, 2.24) is 4.57 Å². The van der Waals surface area contributed by atoms with Crippen LogP contribution in [-0.4, -0.2) is 10.5 Å². The average molecular weight is 553 g/mol. The fourth-order valence-electron chi connectivity index (χ4n) is 9.90. The molecule has 0 radical (unpaired) electrons. The van der Waals surface area contributed by atoms with Gasteiger partial charge in [-0.05, 0) is 98.1 Å². The van der Waals surface area contributed by atoms with Gasteiger partial charge in [0.05, 0.1) is 0 Å². The van der Waals surface area contributed by atoms with Gasteiger partial charge in [-0.25, -0.2) is 0 Å². The van der Waals surface area contributed by atoms with Gasteiger partial charge in [0, 0.05) is 29.1 Å². The van der Waals surface area contributed by atoms with E-state index in [4.69, 9.17) is 9.47 Å². The quantitative estimate of drug-likeness (QED) is 0.379. The topological polar surface area (TPSA) is 69.6 Å². The van der Waals surface area contributed by atoms with E-state index in [1.165, 1.54) is 43.8 Å². The van der Waals surface area contributed by atoms with Crippen molar-refractivity contribution in [1.29, 1.82) is 0 Å². The average Bonchev–Trinajstić information content (AvgIpc) is 2.91. The zero-order chi connectivity index (χ0) is 28.2. The van der Waals surface area contributed by atoms with Crippen LogP contribution in [0.15, 0.2) is 83.6 Å². The van der Waals surface area contributed by atoms with Crippen LogP contribution in [0.1, 0.15) is 84.1 Å². The molecule has 1 N–H and O–H groups in total. The van der Waals surface area contributed by atoms with E-state index >= 15 is 0 Å². The van der Waals surface area contributed by atoms with Crippen LogP contribution in [0.3, 0.4) is 0 Å². The Labute approximate surface area is 241 Å². The lowest BCUT2D eigenvalue weighted by molar-refractivity contribution is -0.153. The number of carbonyl (C=O) groups is 1. The van der Waals surface area contributed by atoms with Gasteiger partial charge in [0.15, 0.2) is 5.76 Å². The number of rotatable bonds is 7. The molecule has 4 bridgehead atoms. The fraction of sp³-hybridized carbons (Fsp3) is 0.486. The van der Waals surface area contributed by atoms with Crippen molar-refractivity contribution >= 4 is 22.4 Å². The van der Waals surface area contributed by atoms with Crippen LogP contribution in [0.2, 0.25) is 0 Å². The minimum Gasteiger partial charge on any atom is -0.466 e. The van der Waals surface area contributed by atoms with E-state index in [1.807, 2.05) is 30.5 Å². The van der Waals surface area contributed by atoms with Gasteiger partial charge < -0.3 is 19.4 Å². The van der Waals surface area contributed by atoms with Gasteiger partial charge in [-0.2, -0.15) is 0 Å². The number of amides is 1. The first-order chi connectivity index (χ1) is 19.7. The normalized spacial score (nSPS) is 32.2. The standard InChI is InChI=1S/C35H40N2O4/c1-33-16-25-17-34(2,21-33)23-35(18-25,22-33)19-31(38)36-28-10-6-9-27-26(28)11-12-37(32(27)39)29(30-20-40-13-14-41-30)15-24-7-4-3-5-8-24/h3-4,6-7,9-14,20,25,29H,5,8,15-19,21-23H2,1-2H3,(H,36,38). The monoisotopic (exact) mass is 552 g/mol. The molecular weight excluding hydrogens is 512 g/mol. The molecule has 1 aliphatic heterocycles. The molecule has 3 atom stereocenters. The number of carbonyl (C=O) groups excluding carboxylic acids is 1. The maximum absolute atomic E-state index is 13.9. The summed E-state index contributed by atoms with van der Waals surface area (Å²) in [5.74, 6) is 1.41. The van der Waals surface area contributed by atoms with Crippen molar-refractivity contribution in [3.05, 3.63) is 89.2 Å². The highest BCUT2D eigenvalue weighted by Crippen LogP contribution is 2.70. The Bertz CT molecular complexity index is 1560. The highest BCUT2D eigenvalue weighted by atomic mass is 16.5. The number of ether oxygens (including phenoxy) is 2. The lowest BCUT2D eigenvalue weighted by atomic mass is 9.40. The predicted octanol–water partition coefficient (Wildman–Crippen LogP) is 7.89. The molecule has 41 heavy (non-hydrogen) atoms. The largest absolute Gasteiger partial charge is 0.466 e. The molecule has 1 amide bonds. The maximum Gasteiger partial charge on any atom is 0.259 e. The van der Waals surface area contributed by atoms with Crippen LogP contribution in [0, 0.1) is 22.2 Å². The Morgan fingerprint density at radius 2 is 1.90 bits per heavy atom. The molecule has 3 unspecified atom stereocenters. The van der Waals surface area contributed by atoms with Crippen molar-refractivity contribution in [2.45, 2.75) is 84.1 Å². The third-order valence-corrected chi connectivity index (χ3v) is 10.3. The first-order valence-electron chi connectivity index (χ1n) is 15.2. The number of anilines is 1. The molecule has 8 rings (SSSR count). The second-order valence-corrected chi connectivity index (χ2v) is 14.2. The highest BCUT2D eigenvalue weighted by Gasteiger charge is 2.60. The van der Waals surface area contributed by atoms with E-state index < -0.39 is 0 Å². The smallest absolute Gasteiger partial charge is 0.259 e. The Morgan fingerprint density at radius 1 is 1.07 bits per heavy atom. The number of allylic oxidation sites excluding steroid dienone is 5. The predicted molar refractivity (Wildman–Crippen MR) is 161 cm³/mol. The van der Waals surface area contributed by atoms with Crippen molar-refractivity contribution in [3.8, 4) is 0 Å². The first-order valence-corrected chi connectivity index (χ1v) is 15.2. The molecule has 1 aromatic carbocycles. The van der Waals surface area contributed by atoms with Crippen LogP contribution in [-0.2, 0) is 14.3 Å². The van der Waals surface area contributed by atoms with E-state index in [9.17, 15) is 9.59 Å². The number of fused-ring (bicyclic) bond motifs is 1. The second kappa shape index (κ2) is 9.78. The van der Waals surface area contributed by atoms with Gasteiger partial charge >= 0.3 is 0 Å². The number of hydrogen-bond donors (Lipinski definition) is 1. The minimum atomic E-state index is -0.341. The van der Waals surface area contributed by atoms with Gasteiger partial charge in [0.25, 0.3) is 5.56 Å². The summed E-state index contributed by atoms with van der Waals surface area (Å²) < 4.78 is 12.9. The third-order valence-electron chi connectivity index (χ3n) is 10.3. The van der Waals surface area contributed by atoms with Crippen molar-refractivity contribution in [2.24, 2.45) is 22.2 Å². The van der Waals surface area contributed by atoms with Crippen molar-refractivity contribution in [2.75, 3.05) is 5.32 Å². The Kier molecular flexibility index (Phi) is 6.29. The van der Waals surface area contributed by atoms with Crippen LogP contribution >= 0.6 is 0 Å². The number of nitrogens with one attached hydrogen (secondary N) is 1. The van der Waals surface area contributed by atoms with E-state index in [-0.39, 0.29) is 22.9 Å².